The van der Waals surface area contributed by atoms with E-state index in [-0.39, 0.29) is 17.4 Å². The van der Waals surface area contributed by atoms with Gasteiger partial charge < -0.3 is 15.4 Å². The largest absolute Gasteiger partial charge is 0.383 e. The van der Waals surface area contributed by atoms with E-state index < -0.39 is 0 Å². The molecular weight excluding hydrogens is 342 g/mol. The molecule has 0 aliphatic carbocycles. The first-order chi connectivity index (χ1) is 12.7. The molecule has 2 N–H and O–H groups in total. The van der Waals surface area contributed by atoms with Crippen molar-refractivity contribution in [1.29, 1.82) is 0 Å². The number of amides is 1. The first kappa shape index (κ1) is 21.3. The van der Waals surface area contributed by atoms with Gasteiger partial charge in [0, 0.05) is 32.4 Å². The monoisotopic (exact) mass is 375 g/mol. The maximum absolute atomic E-state index is 12.9. The fourth-order valence-electron chi connectivity index (χ4n) is 2.91. The summed E-state index contributed by atoms with van der Waals surface area (Å²) >= 11 is 0. The summed E-state index contributed by atoms with van der Waals surface area (Å²) in [5.74, 6) is 0.134. The van der Waals surface area contributed by atoms with Crippen LogP contribution in [0.15, 0.2) is 6.07 Å². The Morgan fingerprint density at radius 3 is 2.56 bits per heavy atom. The highest BCUT2D eigenvalue weighted by molar-refractivity contribution is 6.06. The summed E-state index contributed by atoms with van der Waals surface area (Å²) in [5, 5.41) is 11.7. The molecule has 27 heavy (non-hydrogen) atoms. The molecule has 7 heteroatoms. The highest BCUT2D eigenvalue weighted by atomic mass is 16.5. The first-order valence-corrected chi connectivity index (χ1v) is 9.55. The van der Waals surface area contributed by atoms with E-state index in [9.17, 15) is 4.79 Å². The molecule has 0 unspecified atom stereocenters. The molecule has 150 valence electrons. The Hall–Kier alpha value is -1.99. The van der Waals surface area contributed by atoms with Crippen molar-refractivity contribution >= 4 is 16.9 Å². The van der Waals surface area contributed by atoms with Crippen molar-refractivity contribution in [2.45, 2.75) is 53.0 Å². The van der Waals surface area contributed by atoms with E-state index in [0.717, 1.165) is 29.0 Å². The maximum Gasteiger partial charge on any atom is 0.252 e. The number of aryl methyl sites for hydroxylation is 1. The van der Waals surface area contributed by atoms with Crippen LogP contribution in [0, 0.1) is 6.92 Å². The van der Waals surface area contributed by atoms with Crippen LogP contribution in [0.2, 0.25) is 0 Å². The number of pyridine rings is 1. The zero-order valence-corrected chi connectivity index (χ0v) is 17.6. The van der Waals surface area contributed by atoms with Crippen molar-refractivity contribution < 1.29 is 9.53 Å². The number of carbonyl (C=O) groups is 1. The van der Waals surface area contributed by atoms with Crippen molar-refractivity contribution in [2.24, 2.45) is 0 Å². The van der Waals surface area contributed by atoms with Crippen LogP contribution in [-0.2, 0) is 10.3 Å². The summed E-state index contributed by atoms with van der Waals surface area (Å²) in [5.41, 5.74) is 2.93. The standard InChI is InChI=1S/C20H33N5O2/c1-13(2)16-12-15(19(26)22-9-8-21-10-11-27-7)17-14(3)24-25(18(17)23-16)20(4,5)6/h12-13,21H,8-11H2,1-7H3,(H,22,26). The third-order valence-electron chi connectivity index (χ3n) is 4.37. The van der Waals surface area contributed by atoms with Crippen molar-refractivity contribution in [3.8, 4) is 0 Å². The summed E-state index contributed by atoms with van der Waals surface area (Å²) in [4.78, 5) is 17.7. The third-order valence-corrected chi connectivity index (χ3v) is 4.37. The molecule has 0 aliphatic heterocycles. The predicted molar refractivity (Wildman–Crippen MR) is 108 cm³/mol. The normalized spacial score (nSPS) is 12.1. The lowest BCUT2D eigenvalue weighted by atomic mass is 10.0. The molecule has 0 atom stereocenters. The average molecular weight is 376 g/mol. The van der Waals surface area contributed by atoms with Crippen LogP contribution in [0.1, 0.15) is 62.3 Å². The lowest BCUT2D eigenvalue weighted by Crippen LogP contribution is -2.33. The minimum Gasteiger partial charge on any atom is -0.383 e. The van der Waals surface area contributed by atoms with Crippen LogP contribution >= 0.6 is 0 Å². The maximum atomic E-state index is 12.9. The molecule has 7 nitrogen and oxygen atoms in total. The molecule has 0 fully saturated rings. The topological polar surface area (TPSA) is 81.1 Å². The number of methoxy groups -OCH3 is 1. The third kappa shape index (κ3) is 5.05. The van der Waals surface area contributed by atoms with Gasteiger partial charge in [0.05, 0.1) is 28.8 Å². The Bertz CT molecular complexity index is 790. The number of rotatable bonds is 8. The van der Waals surface area contributed by atoms with Gasteiger partial charge in [0.15, 0.2) is 5.65 Å². The lowest BCUT2D eigenvalue weighted by molar-refractivity contribution is 0.0955. The zero-order valence-electron chi connectivity index (χ0n) is 17.6. The quantitative estimate of drug-likeness (QED) is 0.693. The second-order valence-corrected chi connectivity index (χ2v) is 8.11. The van der Waals surface area contributed by atoms with E-state index in [0.29, 0.717) is 25.3 Å². The SMILES string of the molecule is COCCNCCNC(=O)c1cc(C(C)C)nc2c1c(C)nn2C(C)(C)C. The van der Waals surface area contributed by atoms with Crippen LogP contribution in [0.4, 0.5) is 0 Å². The van der Waals surface area contributed by atoms with Crippen LogP contribution < -0.4 is 10.6 Å². The number of hydrogen-bond donors (Lipinski definition) is 2. The Balaban J connectivity index is 2.34. The van der Waals surface area contributed by atoms with E-state index in [2.05, 4.69) is 50.4 Å². The number of hydrogen-bond acceptors (Lipinski definition) is 5. The molecule has 0 radical (unpaired) electrons. The second-order valence-electron chi connectivity index (χ2n) is 8.11. The van der Waals surface area contributed by atoms with E-state index in [1.54, 1.807) is 7.11 Å². The fourth-order valence-corrected chi connectivity index (χ4v) is 2.91. The van der Waals surface area contributed by atoms with E-state index >= 15 is 0 Å². The first-order valence-electron chi connectivity index (χ1n) is 9.55. The van der Waals surface area contributed by atoms with Crippen molar-refractivity contribution in [3.63, 3.8) is 0 Å². The Labute approximate surface area is 161 Å². The van der Waals surface area contributed by atoms with E-state index in [1.807, 2.05) is 17.7 Å². The summed E-state index contributed by atoms with van der Waals surface area (Å²) in [6.45, 7) is 15.0. The molecule has 0 saturated carbocycles. The molecule has 2 rings (SSSR count). The number of fused-ring (bicyclic) bond motifs is 1. The van der Waals surface area contributed by atoms with Crippen LogP contribution in [-0.4, -0.2) is 54.0 Å². The molecule has 0 saturated heterocycles. The summed E-state index contributed by atoms with van der Waals surface area (Å²) in [6.07, 6.45) is 0. The second kappa shape index (κ2) is 8.80. The molecule has 0 spiro atoms. The highest BCUT2D eigenvalue weighted by Gasteiger charge is 2.25. The van der Waals surface area contributed by atoms with Gasteiger partial charge in [-0.3, -0.25) is 4.79 Å². The summed E-state index contributed by atoms with van der Waals surface area (Å²) < 4.78 is 6.92. The fraction of sp³-hybridized carbons (Fsp3) is 0.650. The van der Waals surface area contributed by atoms with Gasteiger partial charge in [-0.05, 0) is 39.7 Å². The Morgan fingerprint density at radius 2 is 1.96 bits per heavy atom. The molecule has 0 aliphatic rings. The molecule has 0 bridgehead atoms. The van der Waals surface area contributed by atoms with Crippen molar-refractivity contribution in [3.05, 3.63) is 23.0 Å². The van der Waals surface area contributed by atoms with Gasteiger partial charge in [-0.2, -0.15) is 5.10 Å². The van der Waals surface area contributed by atoms with Gasteiger partial charge >= 0.3 is 0 Å². The van der Waals surface area contributed by atoms with E-state index in [1.165, 1.54) is 0 Å². The number of carbonyl (C=O) groups excluding carboxylic acids is 1. The van der Waals surface area contributed by atoms with Gasteiger partial charge in [0.1, 0.15) is 0 Å². The van der Waals surface area contributed by atoms with Crippen LogP contribution in [0.3, 0.4) is 0 Å². The zero-order chi connectivity index (χ0) is 20.2. The van der Waals surface area contributed by atoms with Gasteiger partial charge in [-0.1, -0.05) is 13.8 Å². The smallest absolute Gasteiger partial charge is 0.252 e. The summed E-state index contributed by atoms with van der Waals surface area (Å²) in [6, 6.07) is 1.91. The average Bonchev–Trinajstić information content (AvgIpc) is 2.94. The molecule has 0 aromatic carbocycles. The molecule has 2 aromatic heterocycles. The van der Waals surface area contributed by atoms with Gasteiger partial charge in [-0.15, -0.1) is 0 Å². The van der Waals surface area contributed by atoms with Crippen LogP contribution in [0.5, 0.6) is 0 Å². The number of aromatic nitrogens is 3. The van der Waals surface area contributed by atoms with Crippen molar-refractivity contribution in [1.82, 2.24) is 25.4 Å². The van der Waals surface area contributed by atoms with Gasteiger partial charge in [0.25, 0.3) is 5.91 Å². The Kier molecular flexibility index (Phi) is 6.95. The number of nitrogens with one attached hydrogen (secondary N) is 2. The summed E-state index contributed by atoms with van der Waals surface area (Å²) in [7, 11) is 1.67. The molecular formula is C20H33N5O2. The minimum absolute atomic E-state index is 0.0885. The van der Waals surface area contributed by atoms with Gasteiger partial charge in [-0.25, -0.2) is 9.67 Å². The van der Waals surface area contributed by atoms with Gasteiger partial charge in [0.2, 0.25) is 0 Å². The Morgan fingerprint density at radius 1 is 1.26 bits per heavy atom. The van der Waals surface area contributed by atoms with E-state index in [4.69, 9.17) is 9.72 Å². The van der Waals surface area contributed by atoms with Crippen molar-refractivity contribution in [2.75, 3.05) is 33.4 Å². The predicted octanol–water partition coefficient (Wildman–Crippen LogP) is 2.58. The molecule has 2 heterocycles. The number of nitrogens with zero attached hydrogens (tertiary/aromatic N) is 3. The number of ether oxygens (including phenoxy) is 1. The molecule has 1 amide bonds. The highest BCUT2D eigenvalue weighted by Crippen LogP contribution is 2.28. The van der Waals surface area contributed by atoms with Crippen LogP contribution in [0.25, 0.3) is 11.0 Å². The lowest BCUT2D eigenvalue weighted by Gasteiger charge is -2.20. The molecule has 2 aromatic rings. The minimum atomic E-state index is -0.214.